The van der Waals surface area contributed by atoms with Crippen LogP contribution in [0.15, 0.2) is 18.5 Å². The number of hydrogen-bond donors (Lipinski definition) is 2. The van der Waals surface area contributed by atoms with Crippen molar-refractivity contribution < 1.29 is 4.79 Å². The second-order valence-electron chi connectivity index (χ2n) is 6.68. The first kappa shape index (κ1) is 17.8. The van der Waals surface area contributed by atoms with Crippen LogP contribution in [0.25, 0.3) is 0 Å². The Morgan fingerprint density at radius 2 is 2.00 bits per heavy atom. The molecule has 2 N–H and O–H groups in total. The van der Waals surface area contributed by atoms with Gasteiger partial charge in [-0.15, -0.1) is 0 Å². The molecule has 1 unspecified atom stereocenters. The molecular weight excluding hydrogens is 262 g/mol. The fourth-order valence-electron chi connectivity index (χ4n) is 2.37. The monoisotopic (exact) mass is 293 g/mol. The number of amides is 1. The summed E-state index contributed by atoms with van der Waals surface area (Å²) in [7, 11) is 0. The molecular formula is C17H31N3O. The molecule has 0 saturated carbocycles. The summed E-state index contributed by atoms with van der Waals surface area (Å²) in [5, 5.41) is 6.56. The first-order chi connectivity index (χ1) is 9.79. The van der Waals surface area contributed by atoms with E-state index >= 15 is 0 Å². The van der Waals surface area contributed by atoms with Gasteiger partial charge in [-0.3, -0.25) is 4.79 Å². The zero-order chi connectivity index (χ0) is 16.0. The summed E-state index contributed by atoms with van der Waals surface area (Å²) in [6.45, 7) is 14.0. The van der Waals surface area contributed by atoms with Crippen molar-refractivity contribution in [1.82, 2.24) is 15.2 Å². The highest BCUT2D eigenvalue weighted by molar-refractivity contribution is 5.76. The van der Waals surface area contributed by atoms with Gasteiger partial charge in [0.25, 0.3) is 0 Å². The molecule has 1 heterocycles. The second kappa shape index (κ2) is 7.64. The average Bonchev–Trinajstić information content (AvgIpc) is 2.82. The number of hydrogen-bond acceptors (Lipinski definition) is 2. The zero-order valence-corrected chi connectivity index (χ0v) is 14.4. The Morgan fingerprint density at radius 1 is 1.33 bits per heavy atom. The van der Waals surface area contributed by atoms with Crippen LogP contribution in [0.2, 0.25) is 0 Å². The molecule has 0 radical (unpaired) electrons. The number of aromatic nitrogens is 1. The standard InChI is InChI=1S/C17H31N3O/c1-7-17(5,6)19-15(21)12-20-10-9-14(11-20)16(13(3)4)18-8-2/h9-11,13,16,18H,7-8,12H2,1-6H3,(H,19,21). The molecule has 0 saturated heterocycles. The quantitative estimate of drug-likeness (QED) is 0.773. The molecule has 1 aromatic rings. The lowest BCUT2D eigenvalue weighted by Crippen LogP contribution is -2.44. The topological polar surface area (TPSA) is 46.1 Å². The fourth-order valence-corrected chi connectivity index (χ4v) is 2.37. The van der Waals surface area contributed by atoms with Gasteiger partial charge < -0.3 is 15.2 Å². The van der Waals surface area contributed by atoms with Crippen molar-refractivity contribution in [2.75, 3.05) is 6.54 Å². The minimum Gasteiger partial charge on any atom is -0.350 e. The van der Waals surface area contributed by atoms with Gasteiger partial charge in [0.1, 0.15) is 6.54 Å². The average molecular weight is 293 g/mol. The summed E-state index contributed by atoms with van der Waals surface area (Å²) in [6.07, 6.45) is 4.98. The molecule has 0 aliphatic rings. The van der Waals surface area contributed by atoms with Crippen LogP contribution in [0, 0.1) is 5.92 Å². The summed E-state index contributed by atoms with van der Waals surface area (Å²) in [4.78, 5) is 12.1. The van der Waals surface area contributed by atoms with Gasteiger partial charge in [0, 0.05) is 24.0 Å². The normalized spacial score (nSPS) is 13.5. The van der Waals surface area contributed by atoms with E-state index in [9.17, 15) is 4.79 Å². The molecule has 1 aromatic heterocycles. The van der Waals surface area contributed by atoms with Gasteiger partial charge in [-0.2, -0.15) is 0 Å². The lowest BCUT2D eigenvalue weighted by atomic mass is 9.98. The minimum absolute atomic E-state index is 0.0635. The predicted molar refractivity (Wildman–Crippen MR) is 88.2 cm³/mol. The van der Waals surface area contributed by atoms with E-state index in [4.69, 9.17) is 0 Å². The van der Waals surface area contributed by atoms with Gasteiger partial charge in [0.2, 0.25) is 5.91 Å². The van der Waals surface area contributed by atoms with E-state index in [0.29, 0.717) is 18.5 Å². The molecule has 1 atom stereocenters. The number of carbonyl (C=O) groups is 1. The van der Waals surface area contributed by atoms with Crippen molar-refractivity contribution in [2.45, 2.75) is 66.1 Å². The molecule has 4 heteroatoms. The van der Waals surface area contributed by atoms with Gasteiger partial charge in [0.05, 0.1) is 0 Å². The van der Waals surface area contributed by atoms with E-state index in [2.05, 4.69) is 50.6 Å². The Hall–Kier alpha value is -1.29. The lowest BCUT2D eigenvalue weighted by Gasteiger charge is -2.24. The van der Waals surface area contributed by atoms with Gasteiger partial charge in [-0.05, 0) is 44.4 Å². The van der Waals surface area contributed by atoms with Crippen molar-refractivity contribution in [3.05, 3.63) is 24.0 Å². The van der Waals surface area contributed by atoms with E-state index in [0.717, 1.165) is 13.0 Å². The summed E-state index contributed by atoms with van der Waals surface area (Å²) in [5.41, 5.74) is 1.10. The van der Waals surface area contributed by atoms with Gasteiger partial charge >= 0.3 is 0 Å². The smallest absolute Gasteiger partial charge is 0.240 e. The molecule has 0 aliphatic heterocycles. The maximum Gasteiger partial charge on any atom is 0.240 e. The first-order valence-corrected chi connectivity index (χ1v) is 7.99. The Balaban J connectivity index is 2.68. The highest BCUT2D eigenvalue weighted by atomic mass is 16.2. The Morgan fingerprint density at radius 3 is 2.52 bits per heavy atom. The molecule has 21 heavy (non-hydrogen) atoms. The molecule has 0 bridgehead atoms. The van der Waals surface area contributed by atoms with E-state index < -0.39 is 0 Å². The van der Waals surface area contributed by atoms with E-state index in [1.54, 1.807) is 0 Å². The van der Waals surface area contributed by atoms with Crippen molar-refractivity contribution in [3.63, 3.8) is 0 Å². The molecule has 0 spiro atoms. The van der Waals surface area contributed by atoms with Crippen molar-refractivity contribution in [2.24, 2.45) is 5.92 Å². The first-order valence-electron chi connectivity index (χ1n) is 7.99. The molecule has 0 aliphatic carbocycles. The Labute approximate surface area is 129 Å². The molecule has 120 valence electrons. The highest BCUT2D eigenvalue weighted by Gasteiger charge is 2.19. The van der Waals surface area contributed by atoms with E-state index in [1.165, 1.54) is 5.56 Å². The van der Waals surface area contributed by atoms with Crippen LogP contribution in [0.3, 0.4) is 0 Å². The molecule has 1 rings (SSSR count). The van der Waals surface area contributed by atoms with E-state index in [-0.39, 0.29) is 11.4 Å². The van der Waals surface area contributed by atoms with Gasteiger partial charge in [-0.1, -0.05) is 27.7 Å². The Bertz CT molecular complexity index is 449. The minimum atomic E-state index is -0.142. The van der Waals surface area contributed by atoms with Gasteiger partial charge in [0.15, 0.2) is 0 Å². The summed E-state index contributed by atoms with van der Waals surface area (Å²) in [6, 6.07) is 2.44. The fraction of sp³-hybridized carbons (Fsp3) is 0.706. The van der Waals surface area contributed by atoms with Crippen LogP contribution in [0.4, 0.5) is 0 Å². The maximum atomic E-state index is 12.1. The molecule has 1 amide bonds. The summed E-state index contributed by atoms with van der Waals surface area (Å²) >= 11 is 0. The highest BCUT2D eigenvalue weighted by Crippen LogP contribution is 2.21. The van der Waals surface area contributed by atoms with Crippen LogP contribution in [-0.2, 0) is 11.3 Å². The van der Waals surface area contributed by atoms with Gasteiger partial charge in [-0.25, -0.2) is 0 Å². The van der Waals surface area contributed by atoms with Crippen LogP contribution in [-0.4, -0.2) is 22.6 Å². The third kappa shape index (κ3) is 5.54. The van der Waals surface area contributed by atoms with Crippen molar-refractivity contribution in [1.29, 1.82) is 0 Å². The number of nitrogens with zero attached hydrogens (tertiary/aromatic N) is 1. The van der Waals surface area contributed by atoms with Crippen LogP contribution >= 0.6 is 0 Å². The zero-order valence-electron chi connectivity index (χ0n) is 14.4. The lowest BCUT2D eigenvalue weighted by molar-refractivity contribution is -0.123. The third-order valence-electron chi connectivity index (χ3n) is 3.91. The number of rotatable bonds is 8. The largest absolute Gasteiger partial charge is 0.350 e. The second-order valence-corrected chi connectivity index (χ2v) is 6.68. The van der Waals surface area contributed by atoms with Crippen molar-refractivity contribution in [3.8, 4) is 0 Å². The van der Waals surface area contributed by atoms with Crippen LogP contribution in [0.1, 0.15) is 59.6 Å². The summed E-state index contributed by atoms with van der Waals surface area (Å²) < 4.78 is 1.96. The third-order valence-corrected chi connectivity index (χ3v) is 3.91. The summed E-state index contributed by atoms with van der Waals surface area (Å²) in [5.74, 6) is 0.585. The Kier molecular flexibility index (Phi) is 6.46. The predicted octanol–water partition coefficient (Wildman–Crippen LogP) is 3.10. The molecule has 0 aromatic carbocycles. The maximum absolute atomic E-state index is 12.1. The number of nitrogens with one attached hydrogen (secondary N) is 2. The SMILES string of the molecule is CCNC(c1ccn(CC(=O)NC(C)(C)CC)c1)C(C)C. The number of carbonyl (C=O) groups excluding carboxylic acids is 1. The van der Waals surface area contributed by atoms with Crippen molar-refractivity contribution >= 4 is 5.91 Å². The van der Waals surface area contributed by atoms with Crippen LogP contribution in [0.5, 0.6) is 0 Å². The molecule has 4 nitrogen and oxygen atoms in total. The van der Waals surface area contributed by atoms with Crippen LogP contribution < -0.4 is 10.6 Å². The molecule has 0 fully saturated rings. The van der Waals surface area contributed by atoms with E-state index in [1.807, 2.05) is 24.6 Å².